The third-order valence-corrected chi connectivity index (χ3v) is 1.76. The van der Waals surface area contributed by atoms with Gasteiger partial charge in [0, 0.05) is 6.42 Å². The average molecular weight is 164 g/mol. The molecule has 0 saturated heterocycles. The predicted molar refractivity (Wildman–Crippen MR) is 42.3 cm³/mol. The number of nitrogens with zero attached hydrogens (tertiary/aromatic N) is 1. The van der Waals surface area contributed by atoms with Crippen molar-refractivity contribution in [1.82, 2.24) is 0 Å². The van der Waals surface area contributed by atoms with E-state index in [1.165, 1.54) is 12.1 Å². The summed E-state index contributed by atoms with van der Waals surface area (Å²) in [6.45, 7) is 0. The Hall–Kier alpha value is -1.38. The van der Waals surface area contributed by atoms with Crippen LogP contribution in [0.4, 0.5) is 4.39 Å². The van der Waals surface area contributed by atoms with Crippen LogP contribution in [0.1, 0.15) is 18.1 Å². The summed E-state index contributed by atoms with van der Waals surface area (Å²) in [7, 11) is 0. The van der Waals surface area contributed by atoms with E-state index in [0.29, 0.717) is 6.42 Å². The Morgan fingerprint density at radius 2 is 2.17 bits per heavy atom. The molecule has 3 heteroatoms. The fraction of sp³-hybridized carbons (Fsp3) is 0.222. The normalized spacial score (nSPS) is 20.9. The summed E-state index contributed by atoms with van der Waals surface area (Å²) in [4.78, 5) is 4.97. The van der Waals surface area contributed by atoms with E-state index in [9.17, 15) is 4.39 Å². The van der Waals surface area contributed by atoms with Gasteiger partial charge in [0.1, 0.15) is 12.0 Å². The highest BCUT2D eigenvalue weighted by atomic mass is 19.1. The standard InChI is InChI=1S/C9H7FNO/c10-8-3-1-7(2-4-8)9-5-6-11-12-9/h1-4,9H,5H2. The zero-order chi connectivity index (χ0) is 8.39. The van der Waals surface area contributed by atoms with Crippen molar-refractivity contribution < 1.29 is 9.23 Å². The Labute approximate surface area is 69.6 Å². The van der Waals surface area contributed by atoms with E-state index in [1.807, 2.05) is 0 Å². The van der Waals surface area contributed by atoms with E-state index in [2.05, 4.69) is 11.4 Å². The summed E-state index contributed by atoms with van der Waals surface area (Å²) >= 11 is 0. The second-order valence-corrected chi connectivity index (χ2v) is 2.60. The molecule has 1 aromatic rings. The molecule has 61 valence electrons. The third kappa shape index (κ3) is 1.30. The minimum atomic E-state index is -0.235. The minimum Gasteiger partial charge on any atom is -0.387 e. The fourth-order valence-electron chi connectivity index (χ4n) is 1.11. The van der Waals surface area contributed by atoms with Gasteiger partial charge >= 0.3 is 0 Å². The molecule has 0 saturated carbocycles. The molecule has 0 aliphatic carbocycles. The Balaban J connectivity index is 2.18. The SMILES string of the molecule is Fc1ccc(C2C[C]=NO2)cc1. The number of hydrogen-bond acceptors (Lipinski definition) is 2. The van der Waals surface area contributed by atoms with Gasteiger partial charge in [0.25, 0.3) is 0 Å². The maximum absolute atomic E-state index is 12.5. The molecule has 12 heavy (non-hydrogen) atoms. The fourth-order valence-corrected chi connectivity index (χ4v) is 1.11. The van der Waals surface area contributed by atoms with Crippen molar-refractivity contribution >= 4 is 6.21 Å². The average Bonchev–Trinajstić information content (AvgIpc) is 2.58. The molecule has 1 heterocycles. The third-order valence-electron chi connectivity index (χ3n) is 1.76. The first kappa shape index (κ1) is 7.28. The van der Waals surface area contributed by atoms with Crippen molar-refractivity contribution in [1.29, 1.82) is 0 Å². The molecular weight excluding hydrogens is 157 g/mol. The van der Waals surface area contributed by atoms with Crippen LogP contribution in [-0.2, 0) is 4.84 Å². The van der Waals surface area contributed by atoms with Crippen molar-refractivity contribution in [3.05, 3.63) is 35.6 Å². The molecule has 0 fully saturated rings. The van der Waals surface area contributed by atoms with Crippen LogP contribution >= 0.6 is 0 Å². The van der Waals surface area contributed by atoms with Crippen molar-refractivity contribution in [2.45, 2.75) is 12.5 Å². The molecule has 0 aromatic heterocycles. The van der Waals surface area contributed by atoms with E-state index >= 15 is 0 Å². The number of hydrogen-bond donors (Lipinski definition) is 0. The molecule has 2 rings (SSSR count). The number of rotatable bonds is 1. The second kappa shape index (κ2) is 2.93. The quantitative estimate of drug-likeness (QED) is 0.623. The first-order valence-corrected chi connectivity index (χ1v) is 3.70. The lowest BCUT2D eigenvalue weighted by Crippen LogP contribution is -1.95. The highest BCUT2D eigenvalue weighted by molar-refractivity contribution is 5.59. The summed E-state index contributed by atoms with van der Waals surface area (Å²) in [5.74, 6) is -0.235. The lowest BCUT2D eigenvalue weighted by atomic mass is 10.1. The largest absolute Gasteiger partial charge is 0.387 e. The molecule has 0 bridgehead atoms. The van der Waals surface area contributed by atoms with Crippen LogP contribution in [-0.4, -0.2) is 6.21 Å². The van der Waals surface area contributed by atoms with Crippen molar-refractivity contribution in [2.24, 2.45) is 5.16 Å². The van der Waals surface area contributed by atoms with Crippen LogP contribution in [0.3, 0.4) is 0 Å². The molecule has 1 atom stereocenters. The van der Waals surface area contributed by atoms with Crippen LogP contribution in [0, 0.1) is 5.82 Å². The van der Waals surface area contributed by atoms with Crippen LogP contribution in [0.15, 0.2) is 29.4 Å². The van der Waals surface area contributed by atoms with Crippen molar-refractivity contribution in [3.8, 4) is 0 Å². The van der Waals surface area contributed by atoms with E-state index in [4.69, 9.17) is 4.84 Å². The summed E-state index contributed by atoms with van der Waals surface area (Å²) in [6, 6.07) is 6.22. The maximum atomic E-state index is 12.5. The van der Waals surface area contributed by atoms with Gasteiger partial charge < -0.3 is 4.84 Å². The van der Waals surface area contributed by atoms with E-state index in [0.717, 1.165) is 5.56 Å². The molecule has 0 spiro atoms. The summed E-state index contributed by atoms with van der Waals surface area (Å²) in [5.41, 5.74) is 0.935. The summed E-state index contributed by atoms with van der Waals surface area (Å²) in [6.07, 6.45) is 3.26. The lowest BCUT2D eigenvalue weighted by Gasteiger charge is -2.06. The molecule has 0 amide bonds. The second-order valence-electron chi connectivity index (χ2n) is 2.60. The van der Waals surface area contributed by atoms with Gasteiger partial charge in [-0.3, -0.25) is 0 Å². The van der Waals surface area contributed by atoms with Crippen LogP contribution < -0.4 is 0 Å². The molecule has 1 radical (unpaired) electrons. The Kier molecular flexibility index (Phi) is 1.78. The molecule has 1 aromatic carbocycles. The monoisotopic (exact) mass is 164 g/mol. The molecule has 1 aliphatic heterocycles. The van der Waals surface area contributed by atoms with Gasteiger partial charge in [0.05, 0.1) is 0 Å². The molecule has 2 nitrogen and oxygen atoms in total. The van der Waals surface area contributed by atoms with Crippen molar-refractivity contribution in [3.63, 3.8) is 0 Å². The van der Waals surface area contributed by atoms with Gasteiger partial charge in [0.15, 0.2) is 6.10 Å². The topological polar surface area (TPSA) is 21.6 Å². The van der Waals surface area contributed by atoms with Crippen LogP contribution in [0.25, 0.3) is 0 Å². The van der Waals surface area contributed by atoms with Crippen LogP contribution in [0.2, 0.25) is 0 Å². The summed E-state index contributed by atoms with van der Waals surface area (Å²) in [5, 5.41) is 3.52. The molecule has 1 aliphatic rings. The highest BCUT2D eigenvalue weighted by Crippen LogP contribution is 2.23. The number of halogens is 1. The lowest BCUT2D eigenvalue weighted by molar-refractivity contribution is 0.0857. The highest BCUT2D eigenvalue weighted by Gasteiger charge is 2.15. The summed E-state index contributed by atoms with van der Waals surface area (Å²) < 4.78 is 12.5. The van der Waals surface area contributed by atoms with E-state index in [1.54, 1.807) is 12.1 Å². The molecular formula is C9H7FNO. The first-order chi connectivity index (χ1) is 5.86. The molecule has 1 unspecified atom stereocenters. The Morgan fingerprint density at radius 1 is 1.42 bits per heavy atom. The first-order valence-electron chi connectivity index (χ1n) is 3.70. The van der Waals surface area contributed by atoms with Gasteiger partial charge in [-0.2, -0.15) is 0 Å². The van der Waals surface area contributed by atoms with Crippen molar-refractivity contribution in [2.75, 3.05) is 0 Å². The predicted octanol–water partition coefficient (Wildman–Crippen LogP) is 2.15. The zero-order valence-electron chi connectivity index (χ0n) is 6.33. The van der Waals surface area contributed by atoms with Gasteiger partial charge in [-0.05, 0) is 17.7 Å². The Bertz CT molecular complexity index is 286. The van der Waals surface area contributed by atoms with Gasteiger partial charge in [0.2, 0.25) is 0 Å². The van der Waals surface area contributed by atoms with Gasteiger partial charge in [-0.1, -0.05) is 17.3 Å². The van der Waals surface area contributed by atoms with Gasteiger partial charge in [-0.15, -0.1) is 0 Å². The zero-order valence-corrected chi connectivity index (χ0v) is 6.33. The van der Waals surface area contributed by atoms with E-state index < -0.39 is 0 Å². The van der Waals surface area contributed by atoms with Gasteiger partial charge in [-0.25, -0.2) is 4.39 Å². The van der Waals surface area contributed by atoms with Crippen LogP contribution in [0.5, 0.6) is 0 Å². The number of benzene rings is 1. The Morgan fingerprint density at radius 3 is 2.75 bits per heavy atom. The minimum absolute atomic E-state index is 0.0781. The molecule has 0 N–H and O–H groups in total. The maximum Gasteiger partial charge on any atom is 0.158 e. The smallest absolute Gasteiger partial charge is 0.158 e. The van der Waals surface area contributed by atoms with E-state index in [-0.39, 0.29) is 11.9 Å².